The Kier molecular flexibility index (Phi) is 9.39. The first-order chi connectivity index (χ1) is 25.4. The normalized spacial score (nSPS) is 24.5. The van der Waals surface area contributed by atoms with E-state index in [4.69, 9.17) is 19.7 Å². The van der Waals surface area contributed by atoms with Gasteiger partial charge in [0.2, 0.25) is 0 Å². The molecule has 8 nitrogen and oxygen atoms in total. The molecule has 4 aliphatic rings. The van der Waals surface area contributed by atoms with Gasteiger partial charge in [0.05, 0.1) is 22.2 Å². The molecule has 0 amide bonds. The molecule has 53 heavy (non-hydrogen) atoms. The number of phenols is 1. The van der Waals surface area contributed by atoms with Gasteiger partial charge in [0.25, 0.3) is 0 Å². The molecule has 0 saturated carbocycles. The second-order valence-electron chi connectivity index (χ2n) is 17.0. The fourth-order valence-corrected chi connectivity index (χ4v) is 15.6. The average Bonchev–Trinajstić information content (AvgIpc) is 3.76. The van der Waals surface area contributed by atoms with Crippen LogP contribution < -0.4 is 15.0 Å². The number of benzene rings is 2. The molecule has 2 aromatic heterocycles. The number of phenolic OH excluding ortho intramolecular Hbond substituents is 1. The van der Waals surface area contributed by atoms with Gasteiger partial charge in [0.15, 0.2) is 5.65 Å². The first-order valence-corrected chi connectivity index (χ1v) is 21.8. The molecule has 2 unspecified atom stereocenters. The largest absolute Gasteiger partial charge is 0.508 e. The van der Waals surface area contributed by atoms with Crippen molar-refractivity contribution in [3.63, 3.8) is 0 Å². The number of alkyl halides is 1. The lowest BCUT2D eigenvalue weighted by Gasteiger charge is -2.38. The van der Waals surface area contributed by atoms with Crippen LogP contribution in [0.3, 0.4) is 0 Å². The number of nitrogens with one attached hydrogen (secondary N) is 1. The second-order valence-corrected chi connectivity index (χ2v) is 22.5. The summed E-state index contributed by atoms with van der Waals surface area (Å²) in [4.78, 5) is 19.5. The summed E-state index contributed by atoms with van der Waals surface area (Å²) in [5, 5.41) is 16.8. The van der Waals surface area contributed by atoms with Gasteiger partial charge in [0, 0.05) is 49.1 Å². The Morgan fingerprint density at radius 1 is 0.981 bits per heavy atom. The van der Waals surface area contributed by atoms with E-state index in [2.05, 4.69) is 68.1 Å². The number of halogens is 2. The van der Waals surface area contributed by atoms with Crippen LogP contribution in [0, 0.1) is 17.3 Å². The number of pyridine rings is 1. The summed E-state index contributed by atoms with van der Waals surface area (Å²) < 4.78 is 37.1. The molecule has 4 aromatic rings. The van der Waals surface area contributed by atoms with Crippen molar-refractivity contribution in [1.82, 2.24) is 25.2 Å². The number of aromatic hydroxyl groups is 1. The lowest BCUT2D eigenvalue weighted by atomic mass is 9.95. The van der Waals surface area contributed by atoms with Crippen molar-refractivity contribution in [1.29, 1.82) is 0 Å². The molecule has 11 heteroatoms. The van der Waals surface area contributed by atoms with Crippen LogP contribution in [0.1, 0.15) is 79.2 Å². The molecule has 6 heterocycles. The maximum absolute atomic E-state index is 16.0. The second kappa shape index (κ2) is 13.8. The fourth-order valence-electron chi connectivity index (χ4n) is 10.4. The highest BCUT2D eigenvalue weighted by Crippen LogP contribution is 2.43. The van der Waals surface area contributed by atoms with Crippen molar-refractivity contribution >= 4 is 35.7 Å². The Balaban J connectivity index is 1.26. The van der Waals surface area contributed by atoms with Crippen molar-refractivity contribution in [2.75, 3.05) is 37.7 Å². The van der Waals surface area contributed by atoms with Crippen molar-refractivity contribution in [2.45, 2.75) is 114 Å². The van der Waals surface area contributed by atoms with Crippen LogP contribution in [0.5, 0.6) is 11.8 Å². The average molecular weight is 739 g/mol. The van der Waals surface area contributed by atoms with Gasteiger partial charge in [-0.15, -0.1) is 5.54 Å². The third kappa shape index (κ3) is 6.34. The van der Waals surface area contributed by atoms with E-state index in [1.807, 2.05) is 12.1 Å². The Labute approximate surface area is 312 Å². The lowest BCUT2D eigenvalue weighted by molar-refractivity contribution is 0.107. The summed E-state index contributed by atoms with van der Waals surface area (Å²) >= 11 is 0. The number of hydrogen-bond acceptors (Lipinski definition) is 8. The predicted molar refractivity (Wildman–Crippen MR) is 211 cm³/mol. The number of nitrogens with zero attached hydrogens (tertiary/aromatic N) is 5. The summed E-state index contributed by atoms with van der Waals surface area (Å²) in [5.74, 6) is 3.82. The van der Waals surface area contributed by atoms with E-state index >= 15 is 4.39 Å². The fraction of sp³-hybridized carbons (Fsp3) is 0.548. The monoisotopic (exact) mass is 738 g/mol. The molecule has 0 spiro atoms. The summed E-state index contributed by atoms with van der Waals surface area (Å²) in [6.07, 6.45) is 3.76. The minimum Gasteiger partial charge on any atom is -0.508 e. The zero-order valence-corrected chi connectivity index (χ0v) is 32.8. The van der Waals surface area contributed by atoms with E-state index in [9.17, 15) is 9.50 Å². The zero-order valence-electron chi connectivity index (χ0n) is 31.8. The maximum Gasteiger partial charge on any atom is 0.320 e. The van der Waals surface area contributed by atoms with Crippen LogP contribution in [0.4, 0.5) is 14.6 Å². The number of piperazine rings is 1. The van der Waals surface area contributed by atoms with Gasteiger partial charge in [-0.2, -0.15) is 9.97 Å². The molecule has 0 aliphatic carbocycles. The minimum absolute atomic E-state index is 0.0574. The van der Waals surface area contributed by atoms with Crippen molar-refractivity contribution < 1.29 is 18.6 Å². The van der Waals surface area contributed by atoms with E-state index in [1.165, 1.54) is 6.07 Å². The van der Waals surface area contributed by atoms with Crippen LogP contribution in [-0.2, 0) is 0 Å². The first-order valence-electron chi connectivity index (χ1n) is 19.6. The highest BCUT2D eigenvalue weighted by Gasteiger charge is 2.49. The van der Waals surface area contributed by atoms with Crippen molar-refractivity contribution in [3.8, 4) is 34.5 Å². The number of hydrogen-bond donors (Lipinski definition) is 2. The third-order valence-electron chi connectivity index (χ3n) is 12.9. The molecule has 2 bridgehead atoms. The smallest absolute Gasteiger partial charge is 0.320 e. The van der Waals surface area contributed by atoms with Gasteiger partial charge in [0.1, 0.15) is 38.2 Å². The van der Waals surface area contributed by atoms with E-state index in [-0.39, 0.29) is 17.3 Å². The highest BCUT2D eigenvalue weighted by molar-refractivity contribution is 6.90. The summed E-state index contributed by atoms with van der Waals surface area (Å²) in [7, 11) is -2.19. The Hall–Kier alpha value is -3.85. The molecule has 4 atom stereocenters. The molecule has 2 N–H and O–H groups in total. The van der Waals surface area contributed by atoms with Crippen LogP contribution in [0.25, 0.3) is 33.1 Å². The highest BCUT2D eigenvalue weighted by atomic mass is 28.3. The number of ether oxygens (including phenoxy) is 1. The van der Waals surface area contributed by atoms with E-state index in [0.29, 0.717) is 81.5 Å². The number of aromatic nitrogens is 3. The Morgan fingerprint density at radius 2 is 1.72 bits per heavy atom. The quantitative estimate of drug-likeness (QED) is 0.138. The van der Waals surface area contributed by atoms with Crippen molar-refractivity contribution in [3.05, 3.63) is 47.8 Å². The van der Waals surface area contributed by atoms with Crippen LogP contribution in [0.2, 0.25) is 16.6 Å². The summed E-state index contributed by atoms with van der Waals surface area (Å²) in [6, 6.07) is 11.3. The molecule has 0 radical (unpaired) electrons. The molecule has 8 rings (SSSR count). The predicted octanol–water partition coefficient (Wildman–Crippen LogP) is 8.16. The SMILES string of the molecule is CC(C)[Si](C#Cc1c(F)ccc2cc(O)cc(-c3ccc4c(N5CC6CCC(C5)N6)nc(OC[C@@]56CCCN5C[C@H](F)C6)nc4n3)c12)(C(C)C)C(C)C. The molecule has 4 saturated heterocycles. The molecule has 2 aromatic carbocycles. The maximum atomic E-state index is 16.0. The Bertz CT molecular complexity index is 2080. The van der Waals surface area contributed by atoms with E-state index in [0.717, 1.165) is 56.5 Å². The van der Waals surface area contributed by atoms with Crippen molar-refractivity contribution in [2.24, 2.45) is 0 Å². The molecule has 4 aliphatic heterocycles. The van der Waals surface area contributed by atoms with E-state index in [1.54, 1.807) is 18.2 Å². The van der Waals surface area contributed by atoms with Crippen LogP contribution in [0.15, 0.2) is 36.4 Å². The lowest BCUT2D eigenvalue weighted by Crippen LogP contribution is -2.51. The zero-order chi connectivity index (χ0) is 37.2. The van der Waals surface area contributed by atoms with Gasteiger partial charge in [-0.05, 0) is 84.6 Å². The van der Waals surface area contributed by atoms with Gasteiger partial charge in [-0.3, -0.25) is 4.90 Å². The van der Waals surface area contributed by atoms with Gasteiger partial charge in [-0.1, -0.05) is 53.5 Å². The number of fused-ring (bicyclic) bond motifs is 5. The third-order valence-corrected chi connectivity index (χ3v) is 19.2. The number of anilines is 1. The van der Waals surface area contributed by atoms with E-state index < -0.39 is 20.1 Å². The molecular weight excluding hydrogens is 687 g/mol. The molecular formula is C42H52F2N6O2Si. The number of rotatable bonds is 8. The molecule has 4 fully saturated rings. The van der Waals surface area contributed by atoms with Gasteiger partial charge in [-0.25, -0.2) is 13.8 Å². The summed E-state index contributed by atoms with van der Waals surface area (Å²) in [5.41, 5.74) is 6.44. The topological polar surface area (TPSA) is 86.6 Å². The Morgan fingerprint density at radius 3 is 2.43 bits per heavy atom. The molecule has 280 valence electrons. The first kappa shape index (κ1) is 36.1. The minimum atomic E-state index is -2.19. The van der Waals surface area contributed by atoms with Crippen LogP contribution >= 0.6 is 0 Å². The van der Waals surface area contributed by atoms with Gasteiger partial charge < -0.3 is 20.1 Å². The van der Waals surface area contributed by atoms with Crippen LogP contribution in [-0.4, -0.2) is 89.6 Å². The van der Waals surface area contributed by atoms with Gasteiger partial charge >= 0.3 is 6.01 Å². The standard InChI is InChI=1S/C42H52F2N6O2Si/c1-25(2)53(26(3)4,27(5)6)17-14-33-36(44)12-8-28-18-32(51)19-35(38(28)33)37-13-11-34-39(46-37)47-41(48-40(34)49-22-30-9-10-31(23-49)45-30)52-24-42-15-7-16-50(42)21-29(43)20-42/h8,11-13,18-19,25-27,29-31,45,51H,7,9-10,15-16,20-24H2,1-6H3/t29-,30?,31?,42+/m1/s1. The summed E-state index contributed by atoms with van der Waals surface area (Å²) in [6.45, 7) is 16.8.